The van der Waals surface area contributed by atoms with Gasteiger partial charge in [0.1, 0.15) is 0 Å². The molecule has 1 aromatic carbocycles. The van der Waals surface area contributed by atoms with Gasteiger partial charge in [0, 0.05) is 6.61 Å². The number of aliphatic hydroxyl groups excluding tert-OH is 1. The standard InChI is InChI=1S/C10H12O3/c1-13-10(12)9-4-2-3-8(7-9)5-6-11/h2-4,7,11H,5-6H2,1H3. The van der Waals surface area contributed by atoms with Crippen molar-refractivity contribution in [1.82, 2.24) is 0 Å². The number of hydrogen-bond donors (Lipinski definition) is 1. The highest BCUT2D eigenvalue weighted by molar-refractivity contribution is 5.89. The van der Waals surface area contributed by atoms with Gasteiger partial charge in [-0.15, -0.1) is 0 Å². The summed E-state index contributed by atoms with van der Waals surface area (Å²) in [4.78, 5) is 11.1. The Morgan fingerprint density at radius 2 is 2.31 bits per heavy atom. The lowest BCUT2D eigenvalue weighted by molar-refractivity contribution is 0.0600. The maximum absolute atomic E-state index is 11.1. The summed E-state index contributed by atoms with van der Waals surface area (Å²) in [5, 5.41) is 8.69. The summed E-state index contributed by atoms with van der Waals surface area (Å²) in [5.74, 6) is -0.347. The molecule has 0 spiro atoms. The molecular formula is C10H12O3. The van der Waals surface area contributed by atoms with E-state index in [-0.39, 0.29) is 12.6 Å². The van der Waals surface area contributed by atoms with Crippen molar-refractivity contribution in [2.24, 2.45) is 0 Å². The van der Waals surface area contributed by atoms with Crippen LogP contribution in [-0.4, -0.2) is 24.8 Å². The van der Waals surface area contributed by atoms with Gasteiger partial charge in [-0.3, -0.25) is 0 Å². The van der Waals surface area contributed by atoms with Crippen LogP contribution in [-0.2, 0) is 11.2 Å². The van der Waals surface area contributed by atoms with Gasteiger partial charge in [0.15, 0.2) is 0 Å². The molecule has 0 heterocycles. The minimum atomic E-state index is -0.347. The second-order valence-corrected chi connectivity index (χ2v) is 2.67. The highest BCUT2D eigenvalue weighted by atomic mass is 16.5. The third-order valence-electron chi connectivity index (χ3n) is 1.75. The highest BCUT2D eigenvalue weighted by Gasteiger charge is 2.04. The predicted octanol–water partition coefficient (Wildman–Crippen LogP) is 1.01. The first kappa shape index (κ1) is 9.74. The average Bonchev–Trinajstić information content (AvgIpc) is 2.18. The zero-order valence-electron chi connectivity index (χ0n) is 7.49. The molecule has 3 nitrogen and oxygen atoms in total. The maximum atomic E-state index is 11.1. The van der Waals surface area contributed by atoms with Gasteiger partial charge in [-0.2, -0.15) is 0 Å². The van der Waals surface area contributed by atoms with Gasteiger partial charge in [-0.25, -0.2) is 4.79 Å². The predicted molar refractivity (Wildman–Crippen MR) is 48.6 cm³/mol. The number of esters is 1. The molecule has 0 atom stereocenters. The quantitative estimate of drug-likeness (QED) is 0.706. The van der Waals surface area contributed by atoms with Crippen LogP contribution in [0.2, 0.25) is 0 Å². The molecule has 0 aliphatic heterocycles. The summed E-state index contributed by atoms with van der Waals surface area (Å²) >= 11 is 0. The first-order chi connectivity index (χ1) is 6.27. The van der Waals surface area contributed by atoms with E-state index in [1.807, 2.05) is 6.07 Å². The zero-order chi connectivity index (χ0) is 9.68. The number of rotatable bonds is 3. The normalized spacial score (nSPS) is 9.69. The van der Waals surface area contributed by atoms with Crippen LogP contribution in [0.1, 0.15) is 15.9 Å². The molecule has 0 aliphatic carbocycles. The SMILES string of the molecule is COC(=O)c1cccc(CCO)c1. The Labute approximate surface area is 77.0 Å². The molecule has 0 saturated heterocycles. The first-order valence-electron chi connectivity index (χ1n) is 4.06. The van der Waals surface area contributed by atoms with Crippen molar-refractivity contribution in [2.75, 3.05) is 13.7 Å². The molecule has 0 unspecified atom stereocenters. The van der Waals surface area contributed by atoms with E-state index in [0.29, 0.717) is 12.0 Å². The van der Waals surface area contributed by atoms with Gasteiger partial charge in [-0.05, 0) is 24.1 Å². The molecule has 1 aromatic rings. The van der Waals surface area contributed by atoms with Gasteiger partial charge in [0.05, 0.1) is 12.7 Å². The third kappa shape index (κ3) is 2.56. The van der Waals surface area contributed by atoms with Crippen LogP contribution in [0.5, 0.6) is 0 Å². The molecule has 0 bridgehead atoms. The van der Waals surface area contributed by atoms with Gasteiger partial charge < -0.3 is 9.84 Å². The summed E-state index contributed by atoms with van der Waals surface area (Å²) in [7, 11) is 1.35. The van der Waals surface area contributed by atoms with E-state index in [9.17, 15) is 4.79 Å². The van der Waals surface area contributed by atoms with Gasteiger partial charge in [0.2, 0.25) is 0 Å². The molecule has 1 N–H and O–H groups in total. The lowest BCUT2D eigenvalue weighted by atomic mass is 10.1. The third-order valence-corrected chi connectivity index (χ3v) is 1.75. The van der Waals surface area contributed by atoms with Crippen LogP contribution in [0.4, 0.5) is 0 Å². The minimum Gasteiger partial charge on any atom is -0.465 e. The van der Waals surface area contributed by atoms with Crippen LogP contribution in [0.3, 0.4) is 0 Å². The molecule has 13 heavy (non-hydrogen) atoms. The largest absolute Gasteiger partial charge is 0.465 e. The first-order valence-corrected chi connectivity index (χ1v) is 4.06. The van der Waals surface area contributed by atoms with Crippen molar-refractivity contribution in [2.45, 2.75) is 6.42 Å². The van der Waals surface area contributed by atoms with Crippen LogP contribution in [0.15, 0.2) is 24.3 Å². The molecule has 0 fully saturated rings. The fraction of sp³-hybridized carbons (Fsp3) is 0.300. The van der Waals surface area contributed by atoms with Crippen molar-refractivity contribution in [3.63, 3.8) is 0 Å². The monoisotopic (exact) mass is 180 g/mol. The Morgan fingerprint density at radius 1 is 1.54 bits per heavy atom. The molecule has 0 aliphatic rings. The lowest BCUT2D eigenvalue weighted by Crippen LogP contribution is -2.02. The molecule has 0 amide bonds. The van der Waals surface area contributed by atoms with E-state index < -0.39 is 0 Å². The summed E-state index contributed by atoms with van der Waals surface area (Å²) < 4.78 is 4.57. The summed E-state index contributed by atoms with van der Waals surface area (Å²) in [5.41, 5.74) is 1.46. The molecule has 0 aromatic heterocycles. The number of carbonyl (C=O) groups is 1. The Morgan fingerprint density at radius 3 is 2.92 bits per heavy atom. The average molecular weight is 180 g/mol. The smallest absolute Gasteiger partial charge is 0.337 e. The molecule has 0 radical (unpaired) electrons. The highest BCUT2D eigenvalue weighted by Crippen LogP contribution is 2.06. The zero-order valence-corrected chi connectivity index (χ0v) is 7.49. The Hall–Kier alpha value is -1.35. The Bertz CT molecular complexity index is 294. The van der Waals surface area contributed by atoms with Gasteiger partial charge in [0.25, 0.3) is 0 Å². The van der Waals surface area contributed by atoms with Gasteiger partial charge >= 0.3 is 5.97 Å². The number of methoxy groups -OCH3 is 1. The van der Waals surface area contributed by atoms with E-state index in [1.165, 1.54) is 7.11 Å². The summed E-state index contributed by atoms with van der Waals surface area (Å²) in [6.45, 7) is 0.0879. The second kappa shape index (κ2) is 4.62. The van der Waals surface area contributed by atoms with Gasteiger partial charge in [-0.1, -0.05) is 12.1 Å². The number of carbonyl (C=O) groups excluding carboxylic acids is 1. The van der Waals surface area contributed by atoms with Crippen molar-refractivity contribution in [3.05, 3.63) is 35.4 Å². The minimum absolute atomic E-state index is 0.0879. The van der Waals surface area contributed by atoms with E-state index >= 15 is 0 Å². The number of ether oxygens (including phenoxy) is 1. The molecule has 70 valence electrons. The van der Waals surface area contributed by atoms with Crippen LogP contribution in [0, 0.1) is 0 Å². The summed E-state index contributed by atoms with van der Waals surface area (Å²) in [6, 6.07) is 7.05. The van der Waals surface area contributed by atoms with E-state index in [1.54, 1.807) is 18.2 Å². The number of benzene rings is 1. The Balaban J connectivity index is 2.85. The fourth-order valence-corrected chi connectivity index (χ4v) is 1.10. The maximum Gasteiger partial charge on any atom is 0.337 e. The van der Waals surface area contributed by atoms with E-state index in [4.69, 9.17) is 5.11 Å². The van der Waals surface area contributed by atoms with E-state index in [2.05, 4.69) is 4.74 Å². The molecule has 1 rings (SSSR count). The second-order valence-electron chi connectivity index (χ2n) is 2.67. The van der Waals surface area contributed by atoms with Crippen molar-refractivity contribution < 1.29 is 14.6 Å². The Kier molecular flexibility index (Phi) is 3.46. The van der Waals surface area contributed by atoms with Crippen molar-refractivity contribution in [1.29, 1.82) is 0 Å². The molecule has 0 saturated carbocycles. The summed E-state index contributed by atoms with van der Waals surface area (Å²) in [6.07, 6.45) is 0.560. The van der Waals surface area contributed by atoms with E-state index in [0.717, 1.165) is 5.56 Å². The van der Waals surface area contributed by atoms with Crippen LogP contribution < -0.4 is 0 Å². The number of hydrogen-bond acceptors (Lipinski definition) is 3. The van der Waals surface area contributed by atoms with Crippen LogP contribution in [0.25, 0.3) is 0 Å². The lowest BCUT2D eigenvalue weighted by Gasteiger charge is -2.01. The van der Waals surface area contributed by atoms with Crippen molar-refractivity contribution in [3.8, 4) is 0 Å². The topological polar surface area (TPSA) is 46.5 Å². The molecule has 3 heteroatoms. The fourth-order valence-electron chi connectivity index (χ4n) is 1.10. The number of aliphatic hydroxyl groups is 1. The van der Waals surface area contributed by atoms with Crippen LogP contribution >= 0.6 is 0 Å². The van der Waals surface area contributed by atoms with Crippen molar-refractivity contribution >= 4 is 5.97 Å². The molecular weight excluding hydrogens is 168 g/mol.